The molecule has 0 aromatic carbocycles. The van der Waals surface area contributed by atoms with Crippen LogP contribution in [0.25, 0.3) is 5.78 Å². The van der Waals surface area contributed by atoms with E-state index in [0.717, 1.165) is 29.3 Å². The molecule has 28 heavy (non-hydrogen) atoms. The number of piperidine rings is 1. The largest absolute Gasteiger partial charge is 0.453 e. The number of aryl methyl sites for hydroxylation is 2. The van der Waals surface area contributed by atoms with Crippen molar-refractivity contribution in [2.45, 2.75) is 38.4 Å². The molecule has 0 radical (unpaired) electrons. The van der Waals surface area contributed by atoms with Gasteiger partial charge in [-0.3, -0.25) is 9.48 Å². The van der Waals surface area contributed by atoms with E-state index < -0.39 is 17.9 Å². The summed E-state index contributed by atoms with van der Waals surface area (Å²) in [5.74, 6) is -1.96. The first-order valence-corrected chi connectivity index (χ1v) is 8.85. The van der Waals surface area contributed by atoms with Gasteiger partial charge in [0, 0.05) is 31.0 Å². The van der Waals surface area contributed by atoms with Crippen molar-refractivity contribution in [2.24, 2.45) is 7.05 Å². The van der Waals surface area contributed by atoms with Crippen molar-refractivity contribution in [3.63, 3.8) is 0 Å². The number of alkyl halides is 3. The number of halogens is 3. The molecule has 8 nitrogen and oxygen atoms in total. The highest BCUT2D eigenvalue weighted by Gasteiger charge is 2.38. The van der Waals surface area contributed by atoms with Crippen molar-refractivity contribution >= 4 is 11.7 Å². The van der Waals surface area contributed by atoms with Crippen molar-refractivity contribution in [3.8, 4) is 0 Å². The maximum atomic E-state index is 13.3. The second-order valence-corrected chi connectivity index (χ2v) is 6.89. The summed E-state index contributed by atoms with van der Waals surface area (Å²) < 4.78 is 41.6. The van der Waals surface area contributed by atoms with Crippen LogP contribution in [0.3, 0.4) is 0 Å². The van der Waals surface area contributed by atoms with E-state index in [0.29, 0.717) is 12.2 Å². The van der Waals surface area contributed by atoms with Crippen LogP contribution in [0.2, 0.25) is 0 Å². The SMILES string of the molecule is Cc1cc(C(=O)N2CCCCC2c2cnn(C)c2)n2nc(C(F)(F)F)nc2n1. The van der Waals surface area contributed by atoms with Crippen molar-refractivity contribution < 1.29 is 18.0 Å². The van der Waals surface area contributed by atoms with Crippen LogP contribution in [-0.2, 0) is 13.2 Å². The predicted molar refractivity (Wildman–Crippen MR) is 91.4 cm³/mol. The highest BCUT2D eigenvalue weighted by molar-refractivity contribution is 5.93. The zero-order chi connectivity index (χ0) is 20.1. The lowest BCUT2D eigenvalue weighted by Crippen LogP contribution is -2.39. The van der Waals surface area contributed by atoms with Crippen LogP contribution in [0.15, 0.2) is 18.5 Å². The molecule has 0 saturated carbocycles. The molecule has 4 heterocycles. The number of hydrogen-bond acceptors (Lipinski definition) is 5. The van der Waals surface area contributed by atoms with Gasteiger partial charge in [0.05, 0.1) is 12.2 Å². The van der Waals surface area contributed by atoms with Gasteiger partial charge in [-0.05, 0) is 32.3 Å². The van der Waals surface area contributed by atoms with Gasteiger partial charge in [0.2, 0.25) is 0 Å². The highest BCUT2D eigenvalue weighted by atomic mass is 19.4. The van der Waals surface area contributed by atoms with Gasteiger partial charge in [-0.15, -0.1) is 5.10 Å². The van der Waals surface area contributed by atoms with Crippen LogP contribution in [0.1, 0.15) is 52.9 Å². The third kappa shape index (κ3) is 3.20. The number of fused-ring (bicyclic) bond motifs is 1. The minimum Gasteiger partial charge on any atom is -0.330 e. The minimum absolute atomic E-state index is 0.0151. The standard InChI is InChI=1S/C17H18F3N7O/c1-10-7-13(27-16(22-10)23-15(24-27)17(18,19)20)14(28)26-6-4-3-5-12(26)11-8-21-25(2)9-11/h7-9,12H,3-6H2,1-2H3. The Hall–Kier alpha value is -2.98. The number of rotatable bonds is 2. The zero-order valence-corrected chi connectivity index (χ0v) is 15.3. The maximum Gasteiger partial charge on any atom is 0.453 e. The van der Waals surface area contributed by atoms with Gasteiger partial charge in [-0.25, -0.2) is 4.98 Å². The maximum absolute atomic E-state index is 13.3. The van der Waals surface area contributed by atoms with Crippen LogP contribution >= 0.6 is 0 Å². The summed E-state index contributed by atoms with van der Waals surface area (Å²) >= 11 is 0. The summed E-state index contributed by atoms with van der Waals surface area (Å²) in [4.78, 5) is 22.4. The third-order valence-corrected chi connectivity index (χ3v) is 4.79. The lowest BCUT2D eigenvalue weighted by atomic mass is 9.97. The Morgan fingerprint density at radius 1 is 1.25 bits per heavy atom. The Morgan fingerprint density at radius 3 is 2.71 bits per heavy atom. The first-order valence-electron chi connectivity index (χ1n) is 8.85. The predicted octanol–water partition coefficient (Wildman–Crippen LogP) is 2.55. The van der Waals surface area contributed by atoms with Gasteiger partial charge in [0.1, 0.15) is 5.69 Å². The number of aromatic nitrogens is 6. The molecule has 148 valence electrons. The van der Waals surface area contributed by atoms with Crippen LogP contribution in [-0.4, -0.2) is 46.7 Å². The van der Waals surface area contributed by atoms with E-state index in [1.807, 2.05) is 6.20 Å². The summed E-state index contributed by atoms with van der Waals surface area (Å²) in [6.07, 6.45) is 1.37. The third-order valence-electron chi connectivity index (χ3n) is 4.79. The highest BCUT2D eigenvalue weighted by Crippen LogP contribution is 2.32. The second-order valence-electron chi connectivity index (χ2n) is 6.89. The Labute approximate surface area is 158 Å². The lowest BCUT2D eigenvalue weighted by molar-refractivity contribution is -0.144. The molecule has 1 fully saturated rings. The van der Waals surface area contributed by atoms with Crippen LogP contribution in [0.5, 0.6) is 0 Å². The molecule has 4 rings (SSSR count). The van der Waals surface area contributed by atoms with Crippen LogP contribution in [0, 0.1) is 6.92 Å². The molecule has 0 N–H and O–H groups in total. The Morgan fingerprint density at radius 2 is 2.04 bits per heavy atom. The molecule has 1 aliphatic rings. The monoisotopic (exact) mass is 393 g/mol. The molecule has 1 amide bonds. The van der Waals surface area contributed by atoms with E-state index in [1.165, 1.54) is 6.07 Å². The second kappa shape index (κ2) is 6.57. The smallest absolute Gasteiger partial charge is 0.330 e. The number of carbonyl (C=O) groups excluding carboxylic acids is 1. The zero-order valence-electron chi connectivity index (χ0n) is 15.3. The van der Waals surface area contributed by atoms with Crippen molar-refractivity contribution in [3.05, 3.63) is 41.2 Å². The summed E-state index contributed by atoms with van der Waals surface area (Å²) in [6, 6.07) is 1.25. The molecule has 3 aromatic heterocycles. The van der Waals surface area contributed by atoms with Gasteiger partial charge in [0.15, 0.2) is 0 Å². The van der Waals surface area contributed by atoms with Gasteiger partial charge in [0.25, 0.3) is 17.5 Å². The normalized spacial score (nSPS) is 18.0. The van der Waals surface area contributed by atoms with E-state index in [4.69, 9.17) is 0 Å². The number of carbonyl (C=O) groups is 1. The molecular formula is C17H18F3N7O. The molecule has 1 saturated heterocycles. The van der Waals surface area contributed by atoms with E-state index in [-0.39, 0.29) is 17.5 Å². The van der Waals surface area contributed by atoms with Crippen molar-refractivity contribution in [2.75, 3.05) is 6.54 Å². The molecular weight excluding hydrogens is 375 g/mol. The summed E-state index contributed by atoms with van der Waals surface area (Å²) in [5.41, 5.74) is 1.31. The Bertz CT molecular complexity index is 1040. The Balaban J connectivity index is 1.77. The fraction of sp³-hybridized carbons (Fsp3) is 0.471. The number of nitrogens with zero attached hydrogens (tertiary/aromatic N) is 7. The molecule has 11 heteroatoms. The topological polar surface area (TPSA) is 81.2 Å². The summed E-state index contributed by atoms with van der Waals surface area (Å²) in [7, 11) is 1.79. The van der Waals surface area contributed by atoms with Crippen LogP contribution in [0.4, 0.5) is 13.2 Å². The first-order chi connectivity index (χ1) is 13.2. The number of hydrogen-bond donors (Lipinski definition) is 0. The minimum atomic E-state index is -4.72. The molecule has 0 aliphatic carbocycles. The van der Waals surface area contributed by atoms with Crippen molar-refractivity contribution in [1.29, 1.82) is 0 Å². The van der Waals surface area contributed by atoms with Gasteiger partial charge >= 0.3 is 6.18 Å². The average Bonchev–Trinajstić information content (AvgIpc) is 3.26. The van der Waals surface area contributed by atoms with Gasteiger partial charge < -0.3 is 4.90 Å². The van der Waals surface area contributed by atoms with Gasteiger partial charge in [-0.1, -0.05) is 0 Å². The first kappa shape index (κ1) is 18.4. The van der Waals surface area contributed by atoms with E-state index in [9.17, 15) is 18.0 Å². The van der Waals surface area contributed by atoms with E-state index in [1.54, 1.807) is 29.7 Å². The molecule has 1 atom stereocenters. The van der Waals surface area contributed by atoms with Crippen molar-refractivity contribution in [1.82, 2.24) is 34.3 Å². The summed E-state index contributed by atoms with van der Waals surface area (Å²) in [6.45, 7) is 2.11. The van der Waals surface area contributed by atoms with E-state index >= 15 is 0 Å². The fourth-order valence-electron chi connectivity index (χ4n) is 3.54. The summed E-state index contributed by atoms with van der Waals surface area (Å²) in [5, 5.41) is 7.67. The molecule has 1 unspecified atom stereocenters. The lowest BCUT2D eigenvalue weighted by Gasteiger charge is -2.35. The number of amides is 1. The Kier molecular flexibility index (Phi) is 4.31. The quantitative estimate of drug-likeness (QED) is 0.668. The number of likely N-dealkylation sites (tertiary alicyclic amines) is 1. The fourth-order valence-corrected chi connectivity index (χ4v) is 3.54. The van der Waals surface area contributed by atoms with E-state index in [2.05, 4.69) is 20.2 Å². The van der Waals surface area contributed by atoms with Crippen LogP contribution < -0.4 is 0 Å². The average molecular weight is 393 g/mol. The molecule has 0 spiro atoms. The molecule has 0 bridgehead atoms. The molecule has 3 aromatic rings. The van der Waals surface area contributed by atoms with Gasteiger partial charge in [-0.2, -0.15) is 27.8 Å². The molecule has 1 aliphatic heterocycles.